The first-order chi connectivity index (χ1) is 18.7. The Bertz CT molecular complexity index is 1130. The van der Waals surface area contributed by atoms with Gasteiger partial charge in [-0.2, -0.15) is 0 Å². The third-order valence-electron chi connectivity index (χ3n) is 5.79. The lowest BCUT2D eigenvalue weighted by atomic mass is 9.98. The minimum Gasteiger partial charge on any atom is -0.401 e. The van der Waals surface area contributed by atoms with Gasteiger partial charge < -0.3 is 10.6 Å². The summed E-state index contributed by atoms with van der Waals surface area (Å²) in [6.07, 6.45) is 35.5. The minimum absolute atomic E-state index is 0.270. The highest BCUT2D eigenvalue weighted by Crippen LogP contribution is 2.21. The first-order valence-corrected chi connectivity index (χ1v) is 13.5. The van der Waals surface area contributed by atoms with Crippen molar-refractivity contribution in [3.8, 4) is 0 Å². The highest BCUT2D eigenvalue weighted by molar-refractivity contribution is 5.49. The lowest BCUT2D eigenvalue weighted by molar-refractivity contribution is 0.381. The fourth-order valence-corrected chi connectivity index (χ4v) is 3.70. The van der Waals surface area contributed by atoms with Crippen molar-refractivity contribution >= 4 is 0 Å². The average Bonchev–Trinajstić information content (AvgIpc) is 2.91. The van der Waals surface area contributed by atoms with E-state index in [4.69, 9.17) is 5.73 Å². The molecule has 0 saturated heterocycles. The molecule has 0 aliphatic rings. The Balaban J connectivity index is 5.73. The maximum atomic E-state index is 6.45. The average molecular weight is 523 g/mol. The predicted octanol–water partition coefficient (Wildman–Crippen LogP) is 10.3. The van der Waals surface area contributed by atoms with Crippen LogP contribution in [0, 0.1) is 0 Å². The van der Waals surface area contributed by atoms with Crippen LogP contribution in [-0.2, 0) is 0 Å². The zero-order valence-electron chi connectivity index (χ0n) is 25.2. The quantitative estimate of drug-likeness (QED) is 0.193. The molecule has 0 fully saturated rings. The van der Waals surface area contributed by atoms with Gasteiger partial charge in [-0.05, 0) is 88.3 Å². The van der Waals surface area contributed by atoms with E-state index >= 15 is 0 Å². The van der Waals surface area contributed by atoms with Gasteiger partial charge in [-0.3, -0.25) is 0 Å². The molecule has 0 aliphatic carbocycles. The van der Waals surface area contributed by atoms with Crippen molar-refractivity contribution < 1.29 is 0 Å². The van der Waals surface area contributed by atoms with Crippen LogP contribution in [0.15, 0.2) is 169 Å². The van der Waals surface area contributed by atoms with Crippen molar-refractivity contribution in [1.29, 1.82) is 0 Å². The third kappa shape index (κ3) is 14.5. The van der Waals surface area contributed by atoms with Crippen molar-refractivity contribution in [2.75, 3.05) is 0 Å². The molecule has 0 aromatic rings. The van der Waals surface area contributed by atoms with Gasteiger partial charge in [-0.15, -0.1) is 0 Å². The van der Waals surface area contributed by atoms with Gasteiger partial charge in [0.25, 0.3) is 0 Å². The molecule has 0 atom stereocenters. The second kappa shape index (κ2) is 21.0. The van der Waals surface area contributed by atoms with Gasteiger partial charge in [0.2, 0.25) is 0 Å². The van der Waals surface area contributed by atoms with Crippen LogP contribution in [0.25, 0.3) is 0 Å². The molecule has 0 radical (unpaired) electrons. The summed E-state index contributed by atoms with van der Waals surface area (Å²) in [6, 6.07) is 0.270. The fourth-order valence-electron chi connectivity index (χ4n) is 3.70. The zero-order valence-corrected chi connectivity index (χ0v) is 25.2. The smallest absolute Gasteiger partial charge is 0.0277 e. The molecule has 0 bridgehead atoms. The summed E-state index contributed by atoms with van der Waals surface area (Å²) in [5, 5.41) is 0. The lowest BCUT2D eigenvalue weighted by Crippen LogP contribution is -2.25. The van der Waals surface area contributed by atoms with E-state index in [-0.39, 0.29) is 6.04 Å². The Morgan fingerprint density at radius 3 is 2.00 bits per heavy atom. The Morgan fingerprint density at radius 2 is 1.44 bits per heavy atom. The third-order valence-corrected chi connectivity index (χ3v) is 5.79. The predicted molar refractivity (Wildman–Crippen MR) is 178 cm³/mol. The molecule has 0 spiro atoms. The van der Waals surface area contributed by atoms with Crippen LogP contribution in [0.5, 0.6) is 0 Å². The summed E-state index contributed by atoms with van der Waals surface area (Å²) < 4.78 is 0. The Kier molecular flexibility index (Phi) is 18.8. The van der Waals surface area contributed by atoms with E-state index in [1.165, 1.54) is 0 Å². The van der Waals surface area contributed by atoms with E-state index in [0.717, 1.165) is 52.1 Å². The van der Waals surface area contributed by atoms with Crippen molar-refractivity contribution in [3.05, 3.63) is 169 Å². The maximum Gasteiger partial charge on any atom is 0.0277 e. The molecule has 0 aliphatic heterocycles. The largest absolute Gasteiger partial charge is 0.401 e. The van der Waals surface area contributed by atoms with Gasteiger partial charge in [0, 0.05) is 23.6 Å². The summed E-state index contributed by atoms with van der Waals surface area (Å²) in [5.41, 5.74) is 14.0. The van der Waals surface area contributed by atoms with E-state index in [2.05, 4.69) is 102 Å². The lowest BCUT2D eigenvalue weighted by Gasteiger charge is -2.26. The van der Waals surface area contributed by atoms with Crippen molar-refractivity contribution in [3.63, 3.8) is 0 Å². The maximum absolute atomic E-state index is 6.45. The van der Waals surface area contributed by atoms with Crippen molar-refractivity contribution in [2.45, 2.75) is 60.4 Å². The van der Waals surface area contributed by atoms with E-state index in [1.807, 2.05) is 61.6 Å². The Morgan fingerprint density at radius 1 is 0.769 bits per heavy atom. The second-order valence-corrected chi connectivity index (χ2v) is 9.30. The molecule has 2 N–H and O–H groups in total. The molecule has 0 rings (SSSR count). The highest BCUT2D eigenvalue weighted by atomic mass is 15.1. The van der Waals surface area contributed by atoms with Gasteiger partial charge in [-0.1, -0.05) is 117 Å². The molecule has 0 aromatic heterocycles. The summed E-state index contributed by atoms with van der Waals surface area (Å²) in [7, 11) is 0. The number of rotatable bonds is 17. The fraction of sp³-hybridized carbons (Fsp3) is 0.243. The number of hydrogen-bond donors (Lipinski definition) is 1. The molecule has 0 heterocycles. The normalized spacial score (nSPS) is 15.1. The van der Waals surface area contributed by atoms with Crippen LogP contribution in [0.1, 0.15) is 54.4 Å². The summed E-state index contributed by atoms with van der Waals surface area (Å²) in [6.45, 7) is 28.0. The van der Waals surface area contributed by atoms with E-state index in [0.29, 0.717) is 0 Å². The minimum atomic E-state index is 0.270. The highest BCUT2D eigenvalue weighted by Gasteiger charge is 2.08. The van der Waals surface area contributed by atoms with Gasteiger partial charge in [0.15, 0.2) is 0 Å². The second-order valence-electron chi connectivity index (χ2n) is 9.30. The molecule has 2 heteroatoms. The zero-order chi connectivity index (χ0) is 29.6. The molecule has 0 amide bonds. The van der Waals surface area contributed by atoms with Crippen LogP contribution >= 0.6 is 0 Å². The van der Waals surface area contributed by atoms with E-state index in [1.54, 1.807) is 12.2 Å². The molecule has 0 saturated carbocycles. The molecular weight excluding hydrogens is 472 g/mol. The Labute approximate surface area is 239 Å². The number of allylic oxidation sites excluding steroid dienone is 23. The monoisotopic (exact) mass is 522 g/mol. The van der Waals surface area contributed by atoms with E-state index in [9.17, 15) is 0 Å². The van der Waals surface area contributed by atoms with Crippen molar-refractivity contribution in [1.82, 2.24) is 4.90 Å². The molecule has 39 heavy (non-hydrogen) atoms. The van der Waals surface area contributed by atoms with Crippen molar-refractivity contribution in [2.24, 2.45) is 5.73 Å². The van der Waals surface area contributed by atoms with Crippen LogP contribution in [0.2, 0.25) is 0 Å². The van der Waals surface area contributed by atoms with Gasteiger partial charge in [-0.25, -0.2) is 0 Å². The standard InChI is InChI=1S/C37H50N2/c1-11-16-18-23-31(8)37(22-14-4)32(9)27-28-33(10)39(30(6)7)29-36(38)26-20-19-25-35(21-13-3)34(15-5)24-17-12-2/h11-19,21-25,27-30H,1,3-5,20,26,38H2,2,6-10H3/b17-12-,18-16-,25-19-,31-23+,32-27+,33-28+,34-24+,35-21+,36-29-,37-22+. The van der Waals surface area contributed by atoms with Crippen LogP contribution < -0.4 is 5.73 Å². The number of nitrogens with zero attached hydrogens (tertiary/aromatic N) is 1. The number of hydrogen-bond acceptors (Lipinski definition) is 2. The molecule has 0 unspecified atom stereocenters. The molecule has 2 nitrogen and oxygen atoms in total. The van der Waals surface area contributed by atoms with Crippen LogP contribution in [0.4, 0.5) is 0 Å². The first kappa shape index (κ1) is 35.0. The van der Waals surface area contributed by atoms with E-state index < -0.39 is 0 Å². The molecular formula is C37H50N2. The van der Waals surface area contributed by atoms with Gasteiger partial charge >= 0.3 is 0 Å². The molecule has 0 aromatic carbocycles. The summed E-state index contributed by atoms with van der Waals surface area (Å²) in [5.74, 6) is 0. The molecule has 208 valence electrons. The topological polar surface area (TPSA) is 29.3 Å². The van der Waals surface area contributed by atoms with Gasteiger partial charge in [0.1, 0.15) is 0 Å². The number of nitrogens with two attached hydrogens (primary N) is 1. The van der Waals surface area contributed by atoms with Gasteiger partial charge in [0.05, 0.1) is 0 Å². The van der Waals surface area contributed by atoms with Crippen LogP contribution in [0.3, 0.4) is 0 Å². The van der Waals surface area contributed by atoms with Crippen LogP contribution in [-0.4, -0.2) is 10.9 Å². The SMILES string of the molecule is C=C\C=C/C=C(C)/C(=C\C=C)C(/C)=C/C=C(\C)N(/C=C(\N)CC\C=C/C(=C\C=C)C(/C=C)=C/C=C\C)C(C)C. The Hall–Kier alpha value is -4.04. The summed E-state index contributed by atoms with van der Waals surface area (Å²) >= 11 is 0. The first-order valence-electron chi connectivity index (χ1n) is 13.5. The summed E-state index contributed by atoms with van der Waals surface area (Å²) in [4.78, 5) is 2.22.